The number of carboxylic acid groups (broad SMARTS) is 1. The van der Waals surface area contributed by atoms with Crippen molar-refractivity contribution in [2.75, 3.05) is 6.54 Å². The van der Waals surface area contributed by atoms with E-state index in [9.17, 15) is 4.79 Å². The minimum atomic E-state index is -0.704. The van der Waals surface area contributed by atoms with Crippen LogP contribution in [0.1, 0.15) is 30.5 Å². The van der Waals surface area contributed by atoms with Crippen molar-refractivity contribution in [3.8, 4) is 0 Å². The van der Waals surface area contributed by atoms with Crippen LogP contribution in [0.25, 0.3) is 0 Å². The van der Waals surface area contributed by atoms with Gasteiger partial charge in [-0.3, -0.25) is 9.69 Å². The second-order valence-corrected chi connectivity index (χ2v) is 4.47. The molecule has 1 N–H and O–H groups in total. The second kappa shape index (κ2) is 4.26. The quantitative estimate of drug-likeness (QED) is 0.847. The summed E-state index contributed by atoms with van der Waals surface area (Å²) in [4.78, 5) is 13.0. The van der Waals surface area contributed by atoms with Crippen LogP contribution in [0.2, 0.25) is 0 Å². The Balaban J connectivity index is 2.10. The highest BCUT2D eigenvalue weighted by Gasteiger charge is 2.37. The molecule has 1 aliphatic rings. The molecule has 1 heterocycles. The molecule has 0 amide bonds. The molecule has 86 valence electrons. The van der Waals surface area contributed by atoms with E-state index >= 15 is 0 Å². The van der Waals surface area contributed by atoms with Crippen molar-refractivity contribution in [2.45, 2.75) is 32.4 Å². The van der Waals surface area contributed by atoms with Crippen LogP contribution in [-0.4, -0.2) is 28.6 Å². The number of carbonyl (C=O) groups is 1. The van der Waals surface area contributed by atoms with Gasteiger partial charge in [-0.15, -0.1) is 0 Å². The highest BCUT2D eigenvalue weighted by atomic mass is 16.4. The normalized spacial score (nSPS) is 22.5. The van der Waals surface area contributed by atoms with Crippen molar-refractivity contribution in [3.63, 3.8) is 0 Å². The number of likely N-dealkylation sites (tertiary alicyclic amines) is 1. The third-order valence-electron chi connectivity index (χ3n) is 3.40. The Kier molecular flexibility index (Phi) is 2.97. The Morgan fingerprint density at radius 2 is 2.06 bits per heavy atom. The molecule has 0 aliphatic carbocycles. The van der Waals surface area contributed by atoms with Crippen molar-refractivity contribution in [1.29, 1.82) is 0 Å². The van der Waals surface area contributed by atoms with Gasteiger partial charge < -0.3 is 5.11 Å². The van der Waals surface area contributed by atoms with Crippen LogP contribution in [0.3, 0.4) is 0 Å². The Hall–Kier alpha value is -1.35. The maximum atomic E-state index is 10.9. The fourth-order valence-electron chi connectivity index (χ4n) is 2.17. The molecule has 1 aromatic carbocycles. The zero-order chi connectivity index (χ0) is 11.7. The van der Waals surface area contributed by atoms with Gasteiger partial charge >= 0.3 is 5.97 Å². The van der Waals surface area contributed by atoms with Crippen molar-refractivity contribution >= 4 is 5.97 Å². The molecule has 0 bridgehead atoms. The van der Waals surface area contributed by atoms with E-state index < -0.39 is 5.97 Å². The SMILES string of the molecule is Cc1ccc(C(C)N2CCC2C(=O)O)cc1. The lowest BCUT2D eigenvalue weighted by Crippen LogP contribution is -2.53. The monoisotopic (exact) mass is 219 g/mol. The van der Waals surface area contributed by atoms with Crippen LogP contribution in [0, 0.1) is 6.92 Å². The smallest absolute Gasteiger partial charge is 0.320 e. The van der Waals surface area contributed by atoms with E-state index in [1.54, 1.807) is 0 Å². The number of benzene rings is 1. The number of rotatable bonds is 3. The maximum absolute atomic E-state index is 10.9. The molecule has 0 saturated carbocycles. The van der Waals surface area contributed by atoms with Gasteiger partial charge in [0.05, 0.1) is 0 Å². The molecule has 2 atom stereocenters. The molecule has 2 rings (SSSR count). The Morgan fingerprint density at radius 1 is 1.44 bits per heavy atom. The lowest BCUT2D eigenvalue weighted by atomic mass is 9.96. The van der Waals surface area contributed by atoms with Crippen molar-refractivity contribution in [2.24, 2.45) is 0 Å². The largest absolute Gasteiger partial charge is 0.480 e. The molecular formula is C13H17NO2. The molecule has 1 aliphatic heterocycles. The zero-order valence-corrected chi connectivity index (χ0v) is 9.68. The van der Waals surface area contributed by atoms with E-state index in [-0.39, 0.29) is 12.1 Å². The first-order chi connectivity index (χ1) is 7.59. The summed E-state index contributed by atoms with van der Waals surface area (Å²) < 4.78 is 0. The van der Waals surface area contributed by atoms with Gasteiger partial charge in [0.1, 0.15) is 6.04 Å². The highest BCUT2D eigenvalue weighted by Crippen LogP contribution is 2.30. The fourth-order valence-corrected chi connectivity index (χ4v) is 2.17. The van der Waals surface area contributed by atoms with Crippen molar-refractivity contribution in [3.05, 3.63) is 35.4 Å². The summed E-state index contributed by atoms with van der Waals surface area (Å²) in [6.07, 6.45) is 0.769. The average molecular weight is 219 g/mol. The summed E-state index contributed by atoms with van der Waals surface area (Å²) in [6, 6.07) is 8.20. The van der Waals surface area contributed by atoms with E-state index in [2.05, 4.69) is 38.1 Å². The summed E-state index contributed by atoms with van der Waals surface area (Å²) in [7, 11) is 0. The first-order valence-corrected chi connectivity index (χ1v) is 5.64. The summed E-state index contributed by atoms with van der Waals surface area (Å²) in [6.45, 7) is 5.00. The van der Waals surface area contributed by atoms with Gasteiger partial charge in [-0.2, -0.15) is 0 Å². The topological polar surface area (TPSA) is 40.5 Å². The molecule has 3 heteroatoms. The summed E-state index contributed by atoms with van der Waals surface area (Å²) in [5.41, 5.74) is 2.42. The number of carboxylic acids is 1. The Labute approximate surface area is 95.7 Å². The van der Waals surface area contributed by atoms with Crippen LogP contribution >= 0.6 is 0 Å². The number of nitrogens with zero attached hydrogens (tertiary/aromatic N) is 1. The van der Waals surface area contributed by atoms with Gasteiger partial charge in [-0.25, -0.2) is 0 Å². The molecular weight excluding hydrogens is 202 g/mol. The van der Waals surface area contributed by atoms with Gasteiger partial charge in [0.15, 0.2) is 0 Å². The molecule has 1 aromatic rings. The lowest BCUT2D eigenvalue weighted by molar-refractivity contribution is -0.150. The molecule has 0 aromatic heterocycles. The van der Waals surface area contributed by atoms with Gasteiger partial charge in [0.25, 0.3) is 0 Å². The molecule has 1 saturated heterocycles. The van der Waals surface area contributed by atoms with Gasteiger partial charge in [-0.1, -0.05) is 29.8 Å². The standard InChI is InChI=1S/C13H17NO2/c1-9-3-5-11(6-4-9)10(2)14-8-7-12(14)13(15)16/h3-6,10,12H,7-8H2,1-2H3,(H,15,16). The Morgan fingerprint density at radius 3 is 2.50 bits per heavy atom. The van der Waals surface area contributed by atoms with E-state index in [4.69, 9.17) is 5.11 Å². The molecule has 3 nitrogen and oxygen atoms in total. The first kappa shape index (κ1) is 11.1. The first-order valence-electron chi connectivity index (χ1n) is 5.64. The van der Waals surface area contributed by atoms with E-state index in [0.717, 1.165) is 13.0 Å². The second-order valence-electron chi connectivity index (χ2n) is 4.47. The minimum Gasteiger partial charge on any atom is -0.480 e. The van der Waals surface area contributed by atoms with Gasteiger partial charge in [-0.05, 0) is 25.8 Å². The van der Waals surface area contributed by atoms with Crippen LogP contribution in [-0.2, 0) is 4.79 Å². The van der Waals surface area contributed by atoms with E-state index in [1.165, 1.54) is 11.1 Å². The van der Waals surface area contributed by atoms with Crippen LogP contribution < -0.4 is 0 Å². The maximum Gasteiger partial charge on any atom is 0.320 e. The fraction of sp³-hybridized carbons (Fsp3) is 0.462. The molecule has 0 spiro atoms. The van der Waals surface area contributed by atoms with Crippen molar-refractivity contribution in [1.82, 2.24) is 4.90 Å². The number of hydrogen-bond acceptors (Lipinski definition) is 2. The van der Waals surface area contributed by atoms with Crippen LogP contribution in [0.15, 0.2) is 24.3 Å². The minimum absolute atomic E-state index is 0.190. The zero-order valence-electron chi connectivity index (χ0n) is 9.68. The van der Waals surface area contributed by atoms with E-state index in [1.807, 2.05) is 4.90 Å². The summed E-state index contributed by atoms with van der Waals surface area (Å²) in [5.74, 6) is -0.704. The summed E-state index contributed by atoms with van der Waals surface area (Å²) in [5, 5.41) is 9.00. The molecule has 16 heavy (non-hydrogen) atoms. The molecule has 0 radical (unpaired) electrons. The van der Waals surface area contributed by atoms with Gasteiger partial charge in [0.2, 0.25) is 0 Å². The average Bonchev–Trinajstić information content (AvgIpc) is 2.15. The predicted molar refractivity (Wildman–Crippen MR) is 62.3 cm³/mol. The van der Waals surface area contributed by atoms with E-state index in [0.29, 0.717) is 0 Å². The molecule has 1 fully saturated rings. The summed E-state index contributed by atoms with van der Waals surface area (Å²) >= 11 is 0. The number of aliphatic carboxylic acids is 1. The highest BCUT2D eigenvalue weighted by molar-refractivity contribution is 5.74. The Bertz CT molecular complexity index is 385. The lowest BCUT2D eigenvalue weighted by Gasteiger charge is -2.42. The number of aryl methyl sites for hydroxylation is 1. The van der Waals surface area contributed by atoms with Gasteiger partial charge in [0, 0.05) is 12.6 Å². The predicted octanol–water partition coefficient (Wildman–Crippen LogP) is 2.21. The van der Waals surface area contributed by atoms with Crippen LogP contribution in [0.5, 0.6) is 0 Å². The third kappa shape index (κ3) is 1.95. The van der Waals surface area contributed by atoms with Crippen molar-refractivity contribution < 1.29 is 9.90 Å². The molecule has 2 unspecified atom stereocenters. The number of hydrogen-bond donors (Lipinski definition) is 1. The van der Waals surface area contributed by atoms with Crippen LogP contribution in [0.4, 0.5) is 0 Å². The third-order valence-corrected chi connectivity index (χ3v) is 3.40.